The summed E-state index contributed by atoms with van der Waals surface area (Å²) in [5, 5.41) is 2.92. The Balaban J connectivity index is 1.61. The molecule has 3 nitrogen and oxygen atoms in total. The second-order valence-electron chi connectivity index (χ2n) is 5.89. The van der Waals surface area contributed by atoms with E-state index < -0.39 is 0 Å². The lowest BCUT2D eigenvalue weighted by molar-refractivity contribution is -0.118. The highest BCUT2D eigenvalue weighted by molar-refractivity contribution is 5.92. The van der Waals surface area contributed by atoms with Crippen LogP contribution in [0, 0.1) is 13.8 Å². The number of carbonyl (C=O) groups is 1. The molecule has 2 aromatic carbocycles. The first-order chi connectivity index (χ1) is 10.6. The van der Waals surface area contributed by atoms with Gasteiger partial charge in [-0.25, -0.2) is 0 Å². The highest BCUT2D eigenvalue weighted by Gasteiger charge is 2.12. The molecule has 0 aromatic heterocycles. The van der Waals surface area contributed by atoms with E-state index in [1.165, 1.54) is 17.5 Å². The molecule has 0 spiro atoms. The molecule has 0 saturated heterocycles. The van der Waals surface area contributed by atoms with Gasteiger partial charge in [0.1, 0.15) is 5.75 Å². The highest BCUT2D eigenvalue weighted by atomic mass is 16.5. The van der Waals surface area contributed by atoms with Crippen molar-refractivity contribution in [3.05, 3.63) is 58.7 Å². The number of amides is 1. The van der Waals surface area contributed by atoms with Gasteiger partial charge in [0, 0.05) is 5.69 Å². The molecule has 0 bridgehead atoms. The fourth-order valence-corrected chi connectivity index (χ4v) is 3.01. The van der Waals surface area contributed by atoms with Crippen LogP contribution in [0.25, 0.3) is 0 Å². The first-order valence-electron chi connectivity index (χ1n) is 7.74. The van der Waals surface area contributed by atoms with E-state index in [-0.39, 0.29) is 12.5 Å². The number of benzene rings is 2. The molecule has 2 aromatic rings. The number of hydrogen-bond donors (Lipinski definition) is 1. The Morgan fingerprint density at radius 1 is 1.09 bits per heavy atom. The van der Waals surface area contributed by atoms with Crippen LogP contribution >= 0.6 is 0 Å². The van der Waals surface area contributed by atoms with Gasteiger partial charge in [-0.2, -0.15) is 0 Å². The average Bonchev–Trinajstić information content (AvgIpc) is 2.94. The Bertz CT molecular complexity index is 686. The molecule has 0 atom stereocenters. The summed E-state index contributed by atoms with van der Waals surface area (Å²) in [6, 6.07) is 12.1. The van der Waals surface area contributed by atoms with Crippen LogP contribution in [0.15, 0.2) is 36.4 Å². The number of fused-ring (bicyclic) bond motifs is 1. The van der Waals surface area contributed by atoms with Crippen molar-refractivity contribution in [1.29, 1.82) is 0 Å². The molecule has 1 aliphatic rings. The van der Waals surface area contributed by atoms with Gasteiger partial charge in [0.15, 0.2) is 6.61 Å². The Hall–Kier alpha value is -2.29. The summed E-state index contributed by atoms with van der Waals surface area (Å²) in [6.07, 6.45) is 3.47. The minimum Gasteiger partial charge on any atom is -0.483 e. The number of hydrogen-bond acceptors (Lipinski definition) is 2. The summed E-state index contributed by atoms with van der Waals surface area (Å²) in [4.78, 5) is 12.1. The zero-order valence-corrected chi connectivity index (χ0v) is 13.1. The lowest BCUT2D eigenvalue weighted by Crippen LogP contribution is -2.20. The van der Waals surface area contributed by atoms with Crippen LogP contribution in [0.3, 0.4) is 0 Å². The molecule has 1 N–H and O–H groups in total. The van der Waals surface area contributed by atoms with E-state index in [9.17, 15) is 4.79 Å². The van der Waals surface area contributed by atoms with E-state index >= 15 is 0 Å². The molecule has 22 heavy (non-hydrogen) atoms. The molecule has 114 valence electrons. The van der Waals surface area contributed by atoms with Crippen LogP contribution in [0.1, 0.15) is 28.7 Å². The number of ether oxygens (including phenoxy) is 1. The Kier molecular flexibility index (Phi) is 4.14. The molecule has 3 heteroatoms. The van der Waals surface area contributed by atoms with Crippen LogP contribution in [-0.2, 0) is 17.6 Å². The normalized spacial score (nSPS) is 12.8. The number of aryl methyl sites for hydroxylation is 4. The first kappa shape index (κ1) is 14.6. The maximum absolute atomic E-state index is 12.1. The lowest BCUT2D eigenvalue weighted by Gasteiger charge is -2.12. The predicted molar refractivity (Wildman–Crippen MR) is 88.5 cm³/mol. The van der Waals surface area contributed by atoms with Gasteiger partial charge in [0.25, 0.3) is 5.91 Å². The SMILES string of the molecule is Cc1cccc(C)c1OCC(=O)Nc1ccc2c(c1)CCC2. The lowest BCUT2D eigenvalue weighted by atomic mass is 10.1. The summed E-state index contributed by atoms with van der Waals surface area (Å²) in [5.41, 5.74) is 5.71. The standard InChI is InChI=1S/C19H21NO2/c1-13-5-3-6-14(2)19(13)22-12-18(21)20-17-10-9-15-7-4-8-16(15)11-17/h3,5-6,9-11H,4,7-8,12H2,1-2H3,(H,20,21). The molecule has 0 fully saturated rings. The van der Waals surface area contributed by atoms with Crippen molar-refractivity contribution in [1.82, 2.24) is 0 Å². The molecule has 0 radical (unpaired) electrons. The quantitative estimate of drug-likeness (QED) is 0.931. The zero-order chi connectivity index (χ0) is 15.5. The number of para-hydroxylation sites is 1. The van der Waals surface area contributed by atoms with Crippen LogP contribution in [0.5, 0.6) is 5.75 Å². The minimum atomic E-state index is -0.124. The Morgan fingerprint density at radius 2 is 1.82 bits per heavy atom. The minimum absolute atomic E-state index is 0.0305. The molecular weight excluding hydrogens is 274 g/mol. The zero-order valence-electron chi connectivity index (χ0n) is 13.1. The van der Waals surface area contributed by atoms with E-state index in [0.717, 1.165) is 35.4 Å². The number of carbonyl (C=O) groups excluding carboxylic acids is 1. The van der Waals surface area contributed by atoms with Crippen molar-refractivity contribution >= 4 is 11.6 Å². The third kappa shape index (κ3) is 3.14. The number of nitrogens with one attached hydrogen (secondary N) is 1. The third-order valence-corrected chi connectivity index (χ3v) is 4.14. The van der Waals surface area contributed by atoms with E-state index in [4.69, 9.17) is 4.74 Å². The molecule has 0 unspecified atom stereocenters. The topological polar surface area (TPSA) is 38.3 Å². The van der Waals surface area contributed by atoms with Gasteiger partial charge in [-0.05, 0) is 67.5 Å². The molecule has 0 saturated carbocycles. The number of anilines is 1. The van der Waals surface area contributed by atoms with Gasteiger partial charge < -0.3 is 10.1 Å². The maximum atomic E-state index is 12.1. The second-order valence-corrected chi connectivity index (χ2v) is 5.89. The van der Waals surface area contributed by atoms with Gasteiger partial charge in [-0.1, -0.05) is 24.3 Å². The molecular formula is C19H21NO2. The van der Waals surface area contributed by atoms with Crippen LogP contribution < -0.4 is 10.1 Å². The van der Waals surface area contributed by atoms with E-state index in [0.29, 0.717) is 0 Å². The van der Waals surface area contributed by atoms with Crippen LogP contribution in [-0.4, -0.2) is 12.5 Å². The first-order valence-corrected chi connectivity index (χ1v) is 7.74. The van der Waals surface area contributed by atoms with E-state index in [1.807, 2.05) is 38.1 Å². The van der Waals surface area contributed by atoms with E-state index in [1.54, 1.807) is 0 Å². The summed E-state index contributed by atoms with van der Waals surface area (Å²) in [5.74, 6) is 0.673. The van der Waals surface area contributed by atoms with Crippen molar-refractivity contribution in [2.24, 2.45) is 0 Å². The number of rotatable bonds is 4. The Labute approximate surface area is 131 Å². The second kappa shape index (κ2) is 6.22. The van der Waals surface area contributed by atoms with Crippen LogP contribution in [0.2, 0.25) is 0 Å². The van der Waals surface area contributed by atoms with Gasteiger partial charge in [-0.15, -0.1) is 0 Å². The Morgan fingerprint density at radius 3 is 2.59 bits per heavy atom. The fraction of sp³-hybridized carbons (Fsp3) is 0.316. The van der Waals surface area contributed by atoms with Gasteiger partial charge in [-0.3, -0.25) is 4.79 Å². The van der Waals surface area contributed by atoms with Crippen molar-refractivity contribution in [2.75, 3.05) is 11.9 Å². The fourth-order valence-electron chi connectivity index (χ4n) is 3.01. The van der Waals surface area contributed by atoms with Crippen molar-refractivity contribution in [3.63, 3.8) is 0 Å². The van der Waals surface area contributed by atoms with Crippen molar-refractivity contribution in [2.45, 2.75) is 33.1 Å². The summed E-state index contributed by atoms with van der Waals surface area (Å²) >= 11 is 0. The summed E-state index contributed by atoms with van der Waals surface area (Å²) in [7, 11) is 0. The largest absolute Gasteiger partial charge is 0.483 e. The molecule has 3 rings (SSSR count). The summed E-state index contributed by atoms with van der Waals surface area (Å²) < 4.78 is 5.68. The van der Waals surface area contributed by atoms with Crippen molar-refractivity contribution in [3.8, 4) is 5.75 Å². The molecule has 1 aliphatic carbocycles. The smallest absolute Gasteiger partial charge is 0.262 e. The highest BCUT2D eigenvalue weighted by Crippen LogP contribution is 2.25. The third-order valence-electron chi connectivity index (χ3n) is 4.14. The molecule has 1 amide bonds. The maximum Gasteiger partial charge on any atom is 0.262 e. The van der Waals surface area contributed by atoms with Gasteiger partial charge >= 0.3 is 0 Å². The average molecular weight is 295 g/mol. The molecule has 0 heterocycles. The van der Waals surface area contributed by atoms with Gasteiger partial charge in [0.05, 0.1) is 0 Å². The monoisotopic (exact) mass is 295 g/mol. The molecule has 0 aliphatic heterocycles. The predicted octanol–water partition coefficient (Wildman–Crippen LogP) is 3.81. The van der Waals surface area contributed by atoms with Gasteiger partial charge in [0.2, 0.25) is 0 Å². The summed E-state index contributed by atoms with van der Waals surface area (Å²) in [6.45, 7) is 4.00. The van der Waals surface area contributed by atoms with Crippen molar-refractivity contribution < 1.29 is 9.53 Å². The van der Waals surface area contributed by atoms with E-state index in [2.05, 4.69) is 17.4 Å². The van der Waals surface area contributed by atoms with Crippen LogP contribution in [0.4, 0.5) is 5.69 Å².